The Morgan fingerprint density at radius 1 is 1.11 bits per heavy atom. The molecule has 12 nitrogen and oxygen atoms in total. The van der Waals surface area contributed by atoms with Crippen molar-refractivity contribution in [2.24, 2.45) is 7.05 Å². The lowest BCUT2D eigenvalue weighted by atomic mass is 10.1. The molecule has 1 aliphatic rings. The van der Waals surface area contributed by atoms with Gasteiger partial charge in [0.25, 0.3) is 5.91 Å². The number of fused-ring (bicyclic) bond motifs is 1. The average Bonchev–Trinajstić information content (AvgIpc) is 3.35. The topological polar surface area (TPSA) is 135 Å². The minimum Gasteiger partial charge on any atom is -0.469 e. The first-order valence-corrected chi connectivity index (χ1v) is 14.9. The average molecular weight is 619 g/mol. The number of aromatic nitrogens is 2. The molecule has 12 heteroatoms. The molecule has 3 amide bonds. The van der Waals surface area contributed by atoms with Gasteiger partial charge in [-0.1, -0.05) is 30.3 Å². The number of imidazole rings is 1. The van der Waals surface area contributed by atoms with Crippen LogP contribution in [-0.2, 0) is 45.7 Å². The third-order valence-electron chi connectivity index (χ3n) is 7.28. The van der Waals surface area contributed by atoms with Crippen molar-refractivity contribution in [3.63, 3.8) is 0 Å². The van der Waals surface area contributed by atoms with Crippen molar-refractivity contribution >= 4 is 29.6 Å². The number of alkyl carbamates (subject to hydrolysis) is 1. The molecule has 1 aromatic heterocycles. The maximum absolute atomic E-state index is 14.0. The van der Waals surface area contributed by atoms with Crippen LogP contribution in [0.5, 0.6) is 0 Å². The molecule has 0 fully saturated rings. The van der Waals surface area contributed by atoms with Crippen molar-refractivity contribution in [1.29, 1.82) is 0 Å². The van der Waals surface area contributed by atoms with E-state index in [1.54, 1.807) is 55.0 Å². The summed E-state index contributed by atoms with van der Waals surface area (Å²) in [6.07, 6.45) is 3.31. The van der Waals surface area contributed by atoms with Crippen LogP contribution >= 0.6 is 0 Å². The summed E-state index contributed by atoms with van der Waals surface area (Å²) in [5.41, 5.74) is 2.22. The lowest BCUT2D eigenvalue weighted by Gasteiger charge is -2.25. The Kier molecular flexibility index (Phi) is 10.8. The van der Waals surface area contributed by atoms with E-state index in [0.29, 0.717) is 43.9 Å². The predicted molar refractivity (Wildman–Crippen MR) is 168 cm³/mol. The summed E-state index contributed by atoms with van der Waals surface area (Å²) in [6, 6.07) is 14.2. The van der Waals surface area contributed by atoms with Gasteiger partial charge in [-0.3, -0.25) is 14.4 Å². The van der Waals surface area contributed by atoms with E-state index in [1.165, 1.54) is 7.11 Å². The van der Waals surface area contributed by atoms with Crippen LogP contribution in [0, 0.1) is 0 Å². The second kappa shape index (κ2) is 14.7. The number of hydrogen-bond donors (Lipinski definition) is 2. The van der Waals surface area contributed by atoms with Crippen LogP contribution in [-0.4, -0.2) is 75.1 Å². The summed E-state index contributed by atoms with van der Waals surface area (Å²) in [7, 11) is 3.17. The summed E-state index contributed by atoms with van der Waals surface area (Å²) in [5.74, 6) is -0.228. The molecule has 240 valence electrons. The Balaban J connectivity index is 1.56. The van der Waals surface area contributed by atoms with Gasteiger partial charge in [-0.15, -0.1) is 0 Å². The van der Waals surface area contributed by atoms with E-state index >= 15 is 0 Å². The van der Waals surface area contributed by atoms with E-state index in [0.717, 1.165) is 17.0 Å². The number of anilines is 1. The molecular formula is C33H42N6O6. The zero-order chi connectivity index (χ0) is 32.6. The van der Waals surface area contributed by atoms with Gasteiger partial charge in [-0.05, 0) is 56.5 Å². The molecule has 2 N–H and O–H groups in total. The number of ether oxygens (including phenoxy) is 2. The van der Waals surface area contributed by atoms with E-state index in [1.807, 2.05) is 48.1 Å². The van der Waals surface area contributed by atoms with Gasteiger partial charge in [0.05, 0.1) is 20.1 Å². The van der Waals surface area contributed by atoms with Crippen molar-refractivity contribution in [3.05, 3.63) is 83.4 Å². The fraction of sp³-hybridized carbons (Fsp3) is 0.424. The third kappa shape index (κ3) is 9.31. The number of nitrogens with zero attached hydrogens (tertiary/aromatic N) is 4. The number of carbonyl (C=O) groups excluding carboxylic acids is 4. The smallest absolute Gasteiger partial charge is 0.407 e. The normalized spacial score (nSPS) is 14.6. The van der Waals surface area contributed by atoms with Crippen LogP contribution in [0.15, 0.2) is 60.9 Å². The van der Waals surface area contributed by atoms with Gasteiger partial charge in [0, 0.05) is 56.9 Å². The Bertz CT molecular complexity index is 1500. The predicted octanol–water partition coefficient (Wildman–Crippen LogP) is 3.86. The third-order valence-corrected chi connectivity index (χ3v) is 7.28. The first-order chi connectivity index (χ1) is 21.4. The van der Waals surface area contributed by atoms with Crippen LogP contribution < -0.4 is 10.6 Å². The molecule has 2 heterocycles. The van der Waals surface area contributed by atoms with Gasteiger partial charge in [-0.2, -0.15) is 0 Å². The lowest BCUT2D eigenvalue weighted by molar-refractivity contribution is -0.144. The summed E-state index contributed by atoms with van der Waals surface area (Å²) in [5, 5.41) is 5.91. The molecular weight excluding hydrogens is 576 g/mol. The number of nitrogens with one attached hydrogen (secondary N) is 2. The van der Waals surface area contributed by atoms with E-state index in [2.05, 4.69) is 15.6 Å². The number of benzene rings is 2. The van der Waals surface area contributed by atoms with Crippen LogP contribution in [0.3, 0.4) is 0 Å². The SMILES string of the molecule is COC(=O)C[C@@H]1Nc2ccc(C(=O)N(Cc3ccccc3)Cc3nccn3C)cc2CN(CCCNC(=O)OC(C)(C)C)C1=O. The Hall–Kier alpha value is -4.87. The molecule has 1 aliphatic heterocycles. The van der Waals surface area contributed by atoms with Crippen molar-refractivity contribution in [2.75, 3.05) is 25.5 Å². The van der Waals surface area contributed by atoms with Crippen molar-refractivity contribution in [3.8, 4) is 0 Å². The van der Waals surface area contributed by atoms with E-state index in [9.17, 15) is 19.2 Å². The number of carbonyl (C=O) groups is 4. The molecule has 0 saturated heterocycles. The highest BCUT2D eigenvalue weighted by Gasteiger charge is 2.32. The minimum atomic E-state index is -0.850. The van der Waals surface area contributed by atoms with Crippen LogP contribution in [0.2, 0.25) is 0 Å². The number of esters is 1. The zero-order valence-corrected chi connectivity index (χ0v) is 26.5. The van der Waals surface area contributed by atoms with Gasteiger partial charge < -0.3 is 34.5 Å². The standard InChI is InChI=1S/C33H42N6O6/c1-33(2,3)45-32(43)35-14-9-16-38-21-25-18-24(12-13-26(25)36-27(31(38)42)19-29(40)44-5)30(41)39(20-23-10-7-6-8-11-23)22-28-34-15-17-37(28)4/h6-8,10-13,15,17-18,27,36H,9,14,16,19-22H2,1-5H3,(H,35,43)/t27-/m0/s1. The maximum atomic E-state index is 14.0. The van der Waals surface area contributed by atoms with E-state index in [4.69, 9.17) is 9.47 Å². The second-order valence-electron chi connectivity index (χ2n) is 12.0. The molecule has 0 aliphatic carbocycles. The number of amides is 3. The quantitative estimate of drug-likeness (QED) is 0.244. The van der Waals surface area contributed by atoms with Crippen molar-refractivity contribution < 1.29 is 28.7 Å². The fourth-order valence-corrected chi connectivity index (χ4v) is 5.01. The molecule has 1 atom stereocenters. The number of methoxy groups -OCH3 is 1. The molecule has 0 saturated carbocycles. The fourth-order valence-electron chi connectivity index (χ4n) is 5.01. The molecule has 2 aromatic carbocycles. The highest BCUT2D eigenvalue weighted by molar-refractivity contribution is 5.96. The van der Waals surface area contributed by atoms with Crippen molar-refractivity contribution in [2.45, 2.75) is 64.9 Å². The van der Waals surface area contributed by atoms with Crippen molar-refractivity contribution in [1.82, 2.24) is 24.7 Å². The van der Waals surface area contributed by atoms with Gasteiger partial charge in [0.15, 0.2) is 0 Å². The van der Waals surface area contributed by atoms with Crippen LogP contribution in [0.1, 0.15) is 60.9 Å². The molecule has 45 heavy (non-hydrogen) atoms. The van der Waals surface area contributed by atoms with Crippen LogP contribution in [0.4, 0.5) is 10.5 Å². The molecule has 3 aromatic rings. The molecule has 0 radical (unpaired) electrons. The summed E-state index contributed by atoms with van der Waals surface area (Å²) in [6.45, 7) is 6.87. The minimum absolute atomic E-state index is 0.156. The Morgan fingerprint density at radius 3 is 2.53 bits per heavy atom. The Labute approximate surface area is 263 Å². The van der Waals surface area contributed by atoms with Gasteiger partial charge in [0.1, 0.15) is 17.5 Å². The molecule has 0 spiro atoms. The maximum Gasteiger partial charge on any atom is 0.407 e. The Morgan fingerprint density at radius 2 is 1.87 bits per heavy atom. The summed E-state index contributed by atoms with van der Waals surface area (Å²) >= 11 is 0. The second-order valence-corrected chi connectivity index (χ2v) is 12.0. The van der Waals surface area contributed by atoms with Gasteiger partial charge in [-0.25, -0.2) is 9.78 Å². The molecule has 4 rings (SSSR count). The van der Waals surface area contributed by atoms with Gasteiger partial charge >= 0.3 is 12.1 Å². The number of rotatable bonds is 11. The van der Waals surface area contributed by atoms with Gasteiger partial charge in [0.2, 0.25) is 5.91 Å². The summed E-state index contributed by atoms with van der Waals surface area (Å²) < 4.78 is 12.0. The first-order valence-electron chi connectivity index (χ1n) is 14.9. The number of hydrogen-bond acceptors (Lipinski definition) is 8. The largest absolute Gasteiger partial charge is 0.469 e. The highest BCUT2D eigenvalue weighted by atomic mass is 16.6. The van der Waals surface area contributed by atoms with Crippen LogP contribution in [0.25, 0.3) is 0 Å². The molecule has 0 bridgehead atoms. The highest BCUT2D eigenvalue weighted by Crippen LogP contribution is 2.27. The zero-order valence-electron chi connectivity index (χ0n) is 26.5. The lowest BCUT2D eigenvalue weighted by Crippen LogP contribution is -2.43. The van der Waals surface area contributed by atoms with E-state index < -0.39 is 23.7 Å². The monoisotopic (exact) mass is 618 g/mol. The number of aryl methyl sites for hydroxylation is 1. The first kappa shape index (κ1) is 33.0. The molecule has 0 unspecified atom stereocenters. The van der Waals surface area contributed by atoms with E-state index in [-0.39, 0.29) is 24.8 Å². The summed E-state index contributed by atoms with van der Waals surface area (Å²) in [4.78, 5) is 59.6.